The Kier molecular flexibility index (Phi) is 9.63. The van der Waals surface area contributed by atoms with Gasteiger partial charge in [0.2, 0.25) is 10.0 Å². The van der Waals surface area contributed by atoms with Gasteiger partial charge in [-0.15, -0.1) is 6.58 Å². The summed E-state index contributed by atoms with van der Waals surface area (Å²) >= 11 is 0. The first-order chi connectivity index (χ1) is 13.4. The van der Waals surface area contributed by atoms with Crippen LogP contribution in [0.15, 0.2) is 41.8 Å². The molecule has 0 bridgehead atoms. The SMILES string of the molecule is C=CCCCCN(CC#CCO[Si](C)(C)C(C)(C)C)S(=O)(=O)c1ccccc1N. The minimum Gasteiger partial charge on any atom is -0.406 e. The maximum absolute atomic E-state index is 13.1. The van der Waals surface area contributed by atoms with E-state index in [0.29, 0.717) is 13.2 Å². The van der Waals surface area contributed by atoms with E-state index in [2.05, 4.69) is 52.3 Å². The summed E-state index contributed by atoms with van der Waals surface area (Å²) in [6.45, 7) is 15.4. The van der Waals surface area contributed by atoms with E-state index in [9.17, 15) is 8.42 Å². The zero-order valence-electron chi connectivity index (χ0n) is 18.5. The molecule has 0 unspecified atom stereocenters. The molecule has 2 N–H and O–H groups in total. The summed E-state index contributed by atoms with van der Waals surface area (Å²) in [4.78, 5) is 0.128. The Morgan fingerprint density at radius 3 is 2.45 bits per heavy atom. The summed E-state index contributed by atoms with van der Waals surface area (Å²) in [6.07, 6.45) is 4.31. The average Bonchev–Trinajstić information content (AvgIpc) is 2.62. The molecular formula is C22H36N2O3SSi. The maximum Gasteiger partial charge on any atom is 0.245 e. The molecule has 0 aliphatic rings. The number of sulfonamides is 1. The number of benzene rings is 1. The molecule has 0 aliphatic carbocycles. The third kappa shape index (κ3) is 7.63. The lowest BCUT2D eigenvalue weighted by molar-refractivity contribution is 0.334. The van der Waals surface area contributed by atoms with Gasteiger partial charge in [-0.05, 0) is 49.5 Å². The molecule has 1 aromatic rings. The largest absolute Gasteiger partial charge is 0.406 e. The molecule has 0 amide bonds. The maximum atomic E-state index is 13.1. The predicted molar refractivity (Wildman–Crippen MR) is 125 cm³/mol. The van der Waals surface area contributed by atoms with E-state index >= 15 is 0 Å². The highest BCUT2D eigenvalue weighted by molar-refractivity contribution is 7.89. The van der Waals surface area contributed by atoms with E-state index < -0.39 is 18.3 Å². The van der Waals surface area contributed by atoms with Crippen molar-refractivity contribution >= 4 is 24.0 Å². The van der Waals surface area contributed by atoms with Crippen LogP contribution in [-0.4, -0.2) is 40.7 Å². The molecule has 0 fully saturated rings. The highest BCUT2D eigenvalue weighted by atomic mass is 32.2. The van der Waals surface area contributed by atoms with Crippen LogP contribution in [0.5, 0.6) is 0 Å². The summed E-state index contributed by atoms with van der Waals surface area (Å²) in [5.74, 6) is 5.97. The first-order valence-corrected chi connectivity index (χ1v) is 14.3. The Morgan fingerprint density at radius 2 is 1.86 bits per heavy atom. The summed E-state index contributed by atoms with van der Waals surface area (Å²) < 4.78 is 33.7. The minimum absolute atomic E-state index is 0.111. The van der Waals surface area contributed by atoms with Crippen LogP contribution in [-0.2, 0) is 14.4 Å². The molecule has 0 saturated carbocycles. The van der Waals surface area contributed by atoms with Crippen molar-refractivity contribution in [2.24, 2.45) is 0 Å². The zero-order valence-corrected chi connectivity index (χ0v) is 20.3. The Bertz CT molecular complexity index is 834. The van der Waals surface area contributed by atoms with Gasteiger partial charge in [0, 0.05) is 6.54 Å². The van der Waals surface area contributed by atoms with Gasteiger partial charge in [-0.1, -0.05) is 50.8 Å². The van der Waals surface area contributed by atoms with Gasteiger partial charge in [0.1, 0.15) is 4.90 Å². The van der Waals surface area contributed by atoms with E-state index in [-0.39, 0.29) is 22.2 Å². The molecule has 7 heteroatoms. The topological polar surface area (TPSA) is 72.6 Å². The predicted octanol–water partition coefficient (Wildman–Crippen LogP) is 4.64. The average molecular weight is 437 g/mol. The minimum atomic E-state index is -3.71. The number of unbranched alkanes of at least 4 members (excludes halogenated alkanes) is 2. The van der Waals surface area contributed by atoms with Crippen LogP contribution in [0.3, 0.4) is 0 Å². The van der Waals surface area contributed by atoms with E-state index in [4.69, 9.17) is 10.2 Å². The van der Waals surface area contributed by atoms with Crippen molar-refractivity contribution in [2.45, 2.75) is 63.1 Å². The van der Waals surface area contributed by atoms with Gasteiger partial charge in [-0.2, -0.15) is 4.31 Å². The van der Waals surface area contributed by atoms with Crippen molar-refractivity contribution in [3.05, 3.63) is 36.9 Å². The number of nitrogens with two attached hydrogens (primary N) is 1. The first-order valence-electron chi connectivity index (χ1n) is 9.98. The summed E-state index contributed by atoms with van der Waals surface area (Å²) in [7, 11) is -5.58. The van der Waals surface area contributed by atoms with E-state index in [0.717, 1.165) is 19.3 Å². The second-order valence-corrected chi connectivity index (χ2v) is 15.3. The normalized spacial score (nSPS) is 12.5. The van der Waals surface area contributed by atoms with Crippen LogP contribution in [0.4, 0.5) is 5.69 Å². The lowest BCUT2D eigenvalue weighted by atomic mass is 10.2. The Labute approximate surface area is 178 Å². The van der Waals surface area contributed by atoms with Crippen molar-refractivity contribution < 1.29 is 12.8 Å². The second-order valence-electron chi connectivity index (χ2n) is 8.56. The lowest BCUT2D eigenvalue weighted by Gasteiger charge is -2.35. The number of hydrogen-bond acceptors (Lipinski definition) is 4. The summed E-state index contributed by atoms with van der Waals surface area (Å²) in [5.41, 5.74) is 6.16. The fraction of sp³-hybridized carbons (Fsp3) is 0.545. The zero-order chi connectivity index (χ0) is 22.1. The Morgan fingerprint density at radius 1 is 1.21 bits per heavy atom. The van der Waals surface area contributed by atoms with Crippen molar-refractivity contribution in [1.29, 1.82) is 0 Å². The van der Waals surface area contributed by atoms with Gasteiger partial charge < -0.3 is 10.2 Å². The van der Waals surface area contributed by atoms with Crippen molar-refractivity contribution in [3.8, 4) is 11.8 Å². The first kappa shape index (κ1) is 25.4. The van der Waals surface area contributed by atoms with E-state index in [1.54, 1.807) is 18.2 Å². The Balaban J connectivity index is 2.90. The van der Waals surface area contributed by atoms with Crippen LogP contribution < -0.4 is 5.73 Å². The molecular weight excluding hydrogens is 400 g/mol. The van der Waals surface area contributed by atoms with Gasteiger partial charge in [0.15, 0.2) is 8.32 Å². The summed E-state index contributed by atoms with van der Waals surface area (Å²) in [6, 6.07) is 6.54. The van der Waals surface area contributed by atoms with Crippen molar-refractivity contribution in [2.75, 3.05) is 25.4 Å². The number of hydrogen-bond donors (Lipinski definition) is 1. The molecule has 0 saturated heterocycles. The summed E-state index contributed by atoms with van der Waals surface area (Å²) in [5, 5.41) is 0.111. The number of nitrogens with zero attached hydrogens (tertiary/aromatic N) is 1. The molecule has 0 aromatic heterocycles. The molecule has 5 nitrogen and oxygen atoms in total. The molecule has 0 heterocycles. The van der Waals surface area contributed by atoms with Gasteiger partial charge in [0.25, 0.3) is 0 Å². The third-order valence-corrected chi connectivity index (χ3v) is 11.7. The quantitative estimate of drug-likeness (QED) is 0.191. The van der Waals surface area contributed by atoms with E-state index in [1.807, 2.05) is 6.08 Å². The molecule has 29 heavy (non-hydrogen) atoms. The Hall–Kier alpha value is -1.59. The molecule has 0 spiro atoms. The highest BCUT2D eigenvalue weighted by Gasteiger charge is 2.36. The smallest absolute Gasteiger partial charge is 0.245 e. The molecule has 1 rings (SSSR count). The third-order valence-electron chi connectivity index (χ3n) is 5.29. The number of rotatable bonds is 10. The number of nitrogen functional groups attached to an aromatic ring is 1. The fourth-order valence-electron chi connectivity index (χ4n) is 2.34. The van der Waals surface area contributed by atoms with Crippen molar-refractivity contribution in [3.63, 3.8) is 0 Å². The fourth-order valence-corrected chi connectivity index (χ4v) is 4.71. The number of allylic oxidation sites excluding steroid dienone is 1. The van der Waals surface area contributed by atoms with Gasteiger partial charge in [0.05, 0.1) is 18.8 Å². The van der Waals surface area contributed by atoms with E-state index in [1.165, 1.54) is 10.4 Å². The highest BCUT2D eigenvalue weighted by Crippen LogP contribution is 2.36. The molecule has 162 valence electrons. The molecule has 0 aliphatic heterocycles. The molecule has 1 aromatic carbocycles. The van der Waals surface area contributed by atoms with Crippen LogP contribution in [0, 0.1) is 11.8 Å². The van der Waals surface area contributed by atoms with Crippen LogP contribution >= 0.6 is 0 Å². The van der Waals surface area contributed by atoms with Gasteiger partial charge in [-0.25, -0.2) is 8.42 Å². The lowest BCUT2D eigenvalue weighted by Crippen LogP contribution is -2.40. The standard InChI is InChI=1S/C22H36N2O3SSi/c1-7-8-9-12-17-24(28(25,26)21-16-11-10-15-20(21)23)18-13-14-19-27-29(5,6)22(2,3)4/h7,10-11,15-16H,1,8-9,12,17-19,23H2,2-6H3. The molecule has 0 radical (unpaired) electrons. The van der Waals surface area contributed by atoms with Gasteiger partial charge in [-0.3, -0.25) is 0 Å². The van der Waals surface area contributed by atoms with Crippen LogP contribution in [0.25, 0.3) is 0 Å². The number of para-hydroxylation sites is 1. The van der Waals surface area contributed by atoms with Crippen LogP contribution in [0.2, 0.25) is 18.1 Å². The number of anilines is 1. The monoisotopic (exact) mass is 436 g/mol. The van der Waals surface area contributed by atoms with Gasteiger partial charge >= 0.3 is 0 Å². The van der Waals surface area contributed by atoms with Crippen molar-refractivity contribution in [1.82, 2.24) is 4.31 Å². The van der Waals surface area contributed by atoms with Crippen LogP contribution in [0.1, 0.15) is 40.0 Å². The molecule has 0 atom stereocenters. The second kappa shape index (κ2) is 11.0.